The van der Waals surface area contributed by atoms with E-state index in [1.807, 2.05) is 30.3 Å². The molecule has 1 unspecified atom stereocenters. The first-order valence-electron chi connectivity index (χ1n) is 6.84. The van der Waals surface area contributed by atoms with Gasteiger partial charge in [0.2, 0.25) is 0 Å². The van der Waals surface area contributed by atoms with E-state index in [1.165, 1.54) is 0 Å². The molecule has 3 heteroatoms. The van der Waals surface area contributed by atoms with Crippen LogP contribution in [0.3, 0.4) is 0 Å². The van der Waals surface area contributed by atoms with Crippen LogP contribution in [-0.2, 0) is 9.53 Å². The summed E-state index contributed by atoms with van der Waals surface area (Å²) < 4.78 is 5.21. The van der Waals surface area contributed by atoms with E-state index in [9.17, 15) is 4.79 Å². The third-order valence-electron chi connectivity index (χ3n) is 3.00. The highest BCUT2D eigenvalue weighted by atomic mass is 16.5. The zero-order valence-electron chi connectivity index (χ0n) is 12.2. The lowest BCUT2D eigenvalue weighted by molar-refractivity contribution is -0.144. The van der Waals surface area contributed by atoms with Crippen LogP contribution < -0.4 is 5.73 Å². The predicted octanol–water partition coefficient (Wildman–Crippen LogP) is 3.45. The Hall–Kier alpha value is -1.35. The molecular weight excluding hydrogens is 238 g/mol. The molecule has 106 valence electrons. The lowest BCUT2D eigenvalue weighted by Gasteiger charge is -2.17. The summed E-state index contributed by atoms with van der Waals surface area (Å²) in [6, 6.07) is 9.73. The van der Waals surface area contributed by atoms with Gasteiger partial charge in [0, 0.05) is 12.5 Å². The number of hydrogen-bond acceptors (Lipinski definition) is 3. The van der Waals surface area contributed by atoms with Crippen molar-refractivity contribution >= 4 is 5.97 Å². The molecule has 2 N–H and O–H groups in total. The maximum absolute atomic E-state index is 11.6. The van der Waals surface area contributed by atoms with Gasteiger partial charge in [-0.25, -0.2) is 0 Å². The minimum Gasteiger partial charge on any atom is -0.466 e. The Balaban J connectivity index is 2.23. The van der Waals surface area contributed by atoms with E-state index >= 15 is 0 Å². The highest BCUT2D eigenvalue weighted by Crippen LogP contribution is 2.19. The molecule has 0 radical (unpaired) electrons. The second kappa shape index (κ2) is 7.29. The molecule has 0 aliphatic rings. The third kappa shape index (κ3) is 6.97. The van der Waals surface area contributed by atoms with Crippen molar-refractivity contribution in [1.29, 1.82) is 0 Å². The molecule has 0 heterocycles. The van der Waals surface area contributed by atoms with Crippen LogP contribution in [0.25, 0.3) is 0 Å². The molecule has 19 heavy (non-hydrogen) atoms. The molecule has 1 atom stereocenters. The highest BCUT2D eigenvalue weighted by Gasteiger charge is 2.13. The van der Waals surface area contributed by atoms with Crippen LogP contribution in [0.1, 0.15) is 51.6 Å². The second-order valence-electron chi connectivity index (χ2n) is 6.09. The van der Waals surface area contributed by atoms with Crippen molar-refractivity contribution in [2.75, 3.05) is 6.61 Å². The Morgan fingerprint density at radius 1 is 1.26 bits per heavy atom. The first-order chi connectivity index (χ1) is 8.88. The van der Waals surface area contributed by atoms with Crippen LogP contribution in [-0.4, -0.2) is 12.6 Å². The summed E-state index contributed by atoms with van der Waals surface area (Å²) in [5, 5.41) is 0. The number of esters is 1. The monoisotopic (exact) mass is 263 g/mol. The normalized spacial score (nSPS) is 13.1. The Labute approximate surface area is 116 Å². The standard InChI is InChI=1S/C16H25NO2/c1-16(2,3)11-12-19-15(18)10-9-14(17)13-7-5-4-6-8-13/h4-8,14H,9-12,17H2,1-3H3. The van der Waals surface area contributed by atoms with Gasteiger partial charge in [-0.2, -0.15) is 0 Å². The number of carbonyl (C=O) groups is 1. The lowest BCUT2D eigenvalue weighted by Crippen LogP contribution is -2.16. The Bertz CT molecular complexity index is 381. The number of rotatable bonds is 6. The van der Waals surface area contributed by atoms with Gasteiger partial charge in [-0.05, 0) is 23.8 Å². The van der Waals surface area contributed by atoms with Crippen molar-refractivity contribution in [3.8, 4) is 0 Å². The van der Waals surface area contributed by atoms with Crippen LogP contribution in [0.5, 0.6) is 0 Å². The van der Waals surface area contributed by atoms with Crippen molar-refractivity contribution in [2.45, 2.75) is 46.1 Å². The maximum Gasteiger partial charge on any atom is 0.305 e. The van der Waals surface area contributed by atoms with Gasteiger partial charge in [-0.3, -0.25) is 4.79 Å². The molecule has 1 aromatic rings. The van der Waals surface area contributed by atoms with Crippen molar-refractivity contribution in [1.82, 2.24) is 0 Å². The minimum atomic E-state index is -0.157. The molecule has 0 spiro atoms. The average molecular weight is 263 g/mol. The topological polar surface area (TPSA) is 52.3 Å². The van der Waals surface area contributed by atoms with Crippen molar-refractivity contribution in [3.63, 3.8) is 0 Å². The quantitative estimate of drug-likeness (QED) is 0.800. The van der Waals surface area contributed by atoms with Crippen LogP contribution >= 0.6 is 0 Å². The number of hydrogen-bond donors (Lipinski definition) is 1. The van der Waals surface area contributed by atoms with Crippen LogP contribution in [0.4, 0.5) is 0 Å². The van der Waals surface area contributed by atoms with Gasteiger partial charge in [0.15, 0.2) is 0 Å². The number of benzene rings is 1. The summed E-state index contributed by atoms with van der Waals surface area (Å²) in [4.78, 5) is 11.6. The van der Waals surface area contributed by atoms with Crippen LogP contribution in [0.15, 0.2) is 30.3 Å². The SMILES string of the molecule is CC(C)(C)CCOC(=O)CCC(N)c1ccccc1. The fourth-order valence-electron chi connectivity index (χ4n) is 1.68. The molecule has 0 bridgehead atoms. The second-order valence-corrected chi connectivity index (χ2v) is 6.09. The predicted molar refractivity (Wildman–Crippen MR) is 77.6 cm³/mol. The molecular formula is C16H25NO2. The van der Waals surface area contributed by atoms with Gasteiger partial charge < -0.3 is 10.5 Å². The van der Waals surface area contributed by atoms with E-state index in [1.54, 1.807) is 0 Å². The van der Waals surface area contributed by atoms with Crippen molar-refractivity contribution in [2.24, 2.45) is 11.1 Å². The van der Waals surface area contributed by atoms with Crippen molar-refractivity contribution in [3.05, 3.63) is 35.9 Å². The fraction of sp³-hybridized carbons (Fsp3) is 0.562. The molecule has 0 aliphatic heterocycles. The highest BCUT2D eigenvalue weighted by molar-refractivity contribution is 5.69. The summed E-state index contributed by atoms with van der Waals surface area (Å²) in [7, 11) is 0. The summed E-state index contributed by atoms with van der Waals surface area (Å²) in [6.45, 7) is 6.88. The first kappa shape index (κ1) is 15.7. The minimum absolute atomic E-state index is 0.101. The molecule has 1 rings (SSSR count). The maximum atomic E-state index is 11.6. The van der Waals surface area contributed by atoms with E-state index in [0.717, 1.165) is 12.0 Å². The third-order valence-corrected chi connectivity index (χ3v) is 3.00. The zero-order valence-corrected chi connectivity index (χ0v) is 12.2. The van der Waals surface area contributed by atoms with Gasteiger partial charge in [-0.15, -0.1) is 0 Å². The molecule has 0 saturated heterocycles. The van der Waals surface area contributed by atoms with E-state index in [2.05, 4.69) is 20.8 Å². The van der Waals surface area contributed by atoms with E-state index in [-0.39, 0.29) is 17.4 Å². The average Bonchev–Trinajstić information content (AvgIpc) is 2.35. The number of ether oxygens (including phenoxy) is 1. The summed E-state index contributed by atoms with van der Waals surface area (Å²) in [5.41, 5.74) is 7.29. The molecule has 1 aromatic carbocycles. The molecule has 0 aliphatic carbocycles. The van der Waals surface area contributed by atoms with Gasteiger partial charge in [-0.1, -0.05) is 51.1 Å². The van der Waals surface area contributed by atoms with Crippen molar-refractivity contribution < 1.29 is 9.53 Å². The zero-order chi connectivity index (χ0) is 14.3. The summed E-state index contributed by atoms with van der Waals surface area (Å²) in [5.74, 6) is -0.157. The molecule has 0 amide bonds. The van der Waals surface area contributed by atoms with E-state index < -0.39 is 0 Å². The summed E-state index contributed by atoms with van der Waals surface area (Å²) in [6.07, 6.45) is 1.88. The van der Waals surface area contributed by atoms with Gasteiger partial charge >= 0.3 is 5.97 Å². The Morgan fingerprint density at radius 2 is 1.89 bits per heavy atom. The largest absolute Gasteiger partial charge is 0.466 e. The number of nitrogens with two attached hydrogens (primary N) is 1. The Morgan fingerprint density at radius 3 is 2.47 bits per heavy atom. The van der Waals surface area contributed by atoms with Gasteiger partial charge in [0.25, 0.3) is 0 Å². The smallest absolute Gasteiger partial charge is 0.305 e. The Kier molecular flexibility index (Phi) is 6.03. The molecule has 0 fully saturated rings. The van der Waals surface area contributed by atoms with Gasteiger partial charge in [0.1, 0.15) is 0 Å². The molecule has 3 nitrogen and oxygen atoms in total. The first-order valence-corrected chi connectivity index (χ1v) is 6.84. The van der Waals surface area contributed by atoms with Gasteiger partial charge in [0.05, 0.1) is 6.61 Å². The van der Waals surface area contributed by atoms with E-state index in [4.69, 9.17) is 10.5 Å². The fourth-order valence-corrected chi connectivity index (χ4v) is 1.68. The van der Waals surface area contributed by atoms with Crippen LogP contribution in [0, 0.1) is 5.41 Å². The molecule has 0 aromatic heterocycles. The van der Waals surface area contributed by atoms with Crippen LogP contribution in [0.2, 0.25) is 0 Å². The van der Waals surface area contributed by atoms with E-state index in [0.29, 0.717) is 19.4 Å². The number of carbonyl (C=O) groups excluding carboxylic acids is 1. The molecule has 0 saturated carbocycles. The summed E-state index contributed by atoms with van der Waals surface area (Å²) >= 11 is 0. The lowest BCUT2D eigenvalue weighted by atomic mass is 9.93.